The number of hydrogen-bond acceptors (Lipinski definition) is 4. The standard InChI is InChI=1S/C21H21N3O/c1-23-15-7-8-24(12-15)18-10-14-3-2-4-16-17-9-13(11-22)5-6-19(17)25-21(18)20(14)16/h2-6,9,15,18,21,23H,7-8,10,12H2,1H3. The molecular formula is C21H21N3O. The quantitative estimate of drug-likeness (QED) is 0.919. The average Bonchev–Trinajstić information content (AvgIpc) is 3.27. The van der Waals surface area contributed by atoms with E-state index in [1.165, 1.54) is 23.1 Å². The van der Waals surface area contributed by atoms with Crippen molar-refractivity contribution in [1.29, 1.82) is 5.26 Å². The number of benzene rings is 2. The lowest BCUT2D eigenvalue weighted by Crippen LogP contribution is -2.40. The zero-order valence-corrected chi connectivity index (χ0v) is 14.3. The second-order valence-corrected chi connectivity index (χ2v) is 7.28. The summed E-state index contributed by atoms with van der Waals surface area (Å²) in [7, 11) is 2.05. The van der Waals surface area contributed by atoms with Crippen LogP contribution in [0.3, 0.4) is 0 Å². The monoisotopic (exact) mass is 331 g/mol. The molecule has 126 valence electrons. The summed E-state index contributed by atoms with van der Waals surface area (Å²) in [5.74, 6) is 0.907. The van der Waals surface area contributed by atoms with Crippen molar-refractivity contribution in [2.24, 2.45) is 0 Å². The Kier molecular flexibility index (Phi) is 3.34. The maximum atomic E-state index is 9.24. The predicted octanol–water partition coefficient (Wildman–Crippen LogP) is 2.88. The first-order valence-electron chi connectivity index (χ1n) is 9.03. The Morgan fingerprint density at radius 1 is 1.24 bits per heavy atom. The van der Waals surface area contributed by atoms with E-state index in [2.05, 4.69) is 41.5 Å². The number of likely N-dealkylation sites (N-methyl/N-ethyl adjacent to an activating group) is 1. The Bertz CT molecular complexity index is 885. The van der Waals surface area contributed by atoms with Gasteiger partial charge in [0.25, 0.3) is 0 Å². The zero-order chi connectivity index (χ0) is 17.0. The van der Waals surface area contributed by atoms with Crippen molar-refractivity contribution < 1.29 is 4.74 Å². The van der Waals surface area contributed by atoms with Crippen LogP contribution in [-0.4, -0.2) is 37.1 Å². The SMILES string of the molecule is CNC1CCN(C2Cc3cccc4c3C2Oc2ccc(C#N)cc2-4)C1. The molecule has 3 atom stereocenters. The van der Waals surface area contributed by atoms with Gasteiger partial charge in [0.1, 0.15) is 11.9 Å². The minimum atomic E-state index is 0.0993. The van der Waals surface area contributed by atoms with Crippen molar-refractivity contribution in [3.05, 3.63) is 53.1 Å². The lowest BCUT2D eigenvalue weighted by molar-refractivity contribution is 0.0911. The molecule has 0 amide bonds. The molecule has 1 fully saturated rings. The van der Waals surface area contributed by atoms with E-state index >= 15 is 0 Å². The third-order valence-electron chi connectivity index (χ3n) is 6.01. The van der Waals surface area contributed by atoms with Crippen molar-refractivity contribution in [1.82, 2.24) is 10.2 Å². The lowest BCUT2D eigenvalue weighted by atomic mass is 9.91. The molecule has 4 heteroatoms. The number of nitriles is 1. The average molecular weight is 331 g/mol. The lowest BCUT2D eigenvalue weighted by Gasteiger charge is -2.34. The maximum Gasteiger partial charge on any atom is 0.140 e. The van der Waals surface area contributed by atoms with E-state index in [1.54, 1.807) is 0 Å². The summed E-state index contributed by atoms with van der Waals surface area (Å²) in [6, 6.07) is 15.5. The number of likely N-dealkylation sites (tertiary alicyclic amines) is 1. The second kappa shape index (κ2) is 5.59. The van der Waals surface area contributed by atoms with Gasteiger partial charge in [0.05, 0.1) is 17.7 Å². The number of rotatable bonds is 2. The molecular weight excluding hydrogens is 310 g/mol. The van der Waals surface area contributed by atoms with E-state index in [4.69, 9.17) is 4.74 Å². The number of nitrogens with one attached hydrogen (secondary N) is 1. The third-order valence-corrected chi connectivity index (χ3v) is 6.01. The first-order valence-corrected chi connectivity index (χ1v) is 9.03. The van der Waals surface area contributed by atoms with Gasteiger partial charge in [0.2, 0.25) is 0 Å². The Morgan fingerprint density at radius 3 is 2.96 bits per heavy atom. The minimum Gasteiger partial charge on any atom is -0.483 e. The second-order valence-electron chi connectivity index (χ2n) is 7.28. The van der Waals surface area contributed by atoms with Gasteiger partial charge in [-0.15, -0.1) is 0 Å². The van der Waals surface area contributed by atoms with Crippen molar-refractivity contribution in [2.75, 3.05) is 20.1 Å². The smallest absolute Gasteiger partial charge is 0.140 e. The fourth-order valence-electron chi connectivity index (χ4n) is 4.72. The van der Waals surface area contributed by atoms with Gasteiger partial charge in [-0.2, -0.15) is 5.26 Å². The number of hydrogen-bond donors (Lipinski definition) is 1. The normalized spacial score (nSPS) is 26.6. The molecule has 25 heavy (non-hydrogen) atoms. The Hall–Kier alpha value is -2.35. The Balaban J connectivity index is 1.57. The van der Waals surface area contributed by atoms with Gasteiger partial charge >= 0.3 is 0 Å². The Morgan fingerprint density at radius 2 is 2.16 bits per heavy atom. The molecule has 2 aromatic rings. The summed E-state index contributed by atoms with van der Waals surface area (Å²) in [5, 5.41) is 12.6. The highest BCUT2D eigenvalue weighted by atomic mass is 16.5. The summed E-state index contributed by atoms with van der Waals surface area (Å²) < 4.78 is 6.48. The van der Waals surface area contributed by atoms with Gasteiger partial charge in [-0.05, 0) is 49.2 Å². The summed E-state index contributed by atoms with van der Waals surface area (Å²) in [6.07, 6.45) is 2.34. The maximum absolute atomic E-state index is 9.24. The highest BCUT2D eigenvalue weighted by Gasteiger charge is 2.44. The van der Waals surface area contributed by atoms with Crippen molar-refractivity contribution >= 4 is 0 Å². The highest BCUT2D eigenvalue weighted by molar-refractivity contribution is 5.79. The highest BCUT2D eigenvalue weighted by Crippen LogP contribution is 2.50. The molecule has 1 aliphatic carbocycles. The van der Waals surface area contributed by atoms with Crippen molar-refractivity contribution in [2.45, 2.75) is 31.0 Å². The van der Waals surface area contributed by atoms with Crippen LogP contribution < -0.4 is 10.1 Å². The third kappa shape index (κ3) is 2.20. The summed E-state index contributed by atoms with van der Waals surface area (Å²) in [4.78, 5) is 2.59. The van der Waals surface area contributed by atoms with Gasteiger partial charge in [0.15, 0.2) is 0 Å². The van der Waals surface area contributed by atoms with Gasteiger partial charge in [-0.25, -0.2) is 0 Å². The van der Waals surface area contributed by atoms with Crippen LogP contribution in [0.25, 0.3) is 11.1 Å². The van der Waals surface area contributed by atoms with Gasteiger partial charge in [-0.3, -0.25) is 4.90 Å². The van der Waals surface area contributed by atoms with Crippen molar-refractivity contribution in [3.63, 3.8) is 0 Å². The van der Waals surface area contributed by atoms with E-state index in [0.717, 1.165) is 30.8 Å². The van der Waals surface area contributed by atoms with Gasteiger partial charge < -0.3 is 10.1 Å². The molecule has 2 heterocycles. The van der Waals surface area contributed by atoms with Crippen LogP contribution in [0.15, 0.2) is 36.4 Å². The van der Waals surface area contributed by atoms with Crippen LogP contribution >= 0.6 is 0 Å². The molecule has 2 aliphatic heterocycles. The predicted molar refractivity (Wildman–Crippen MR) is 96.5 cm³/mol. The fraction of sp³-hybridized carbons (Fsp3) is 0.381. The minimum absolute atomic E-state index is 0.0993. The van der Waals surface area contributed by atoms with E-state index in [9.17, 15) is 5.26 Å². The van der Waals surface area contributed by atoms with E-state index in [-0.39, 0.29) is 6.10 Å². The molecule has 5 rings (SSSR count). The first-order chi connectivity index (χ1) is 12.3. The molecule has 3 aliphatic rings. The molecule has 2 aromatic carbocycles. The topological polar surface area (TPSA) is 48.3 Å². The number of fused-ring (bicyclic) bond motifs is 2. The fourth-order valence-corrected chi connectivity index (χ4v) is 4.72. The van der Waals surface area contributed by atoms with E-state index in [1.807, 2.05) is 18.2 Å². The number of nitrogens with zero attached hydrogens (tertiary/aromatic N) is 2. The molecule has 1 saturated heterocycles. The first kappa shape index (κ1) is 14.9. The molecule has 4 nitrogen and oxygen atoms in total. The van der Waals surface area contributed by atoms with Crippen LogP contribution in [0.5, 0.6) is 5.75 Å². The zero-order valence-electron chi connectivity index (χ0n) is 14.3. The van der Waals surface area contributed by atoms with Gasteiger partial charge in [0, 0.05) is 30.3 Å². The molecule has 0 aromatic heterocycles. The summed E-state index contributed by atoms with van der Waals surface area (Å²) >= 11 is 0. The summed E-state index contributed by atoms with van der Waals surface area (Å²) in [5.41, 5.74) is 5.72. The van der Waals surface area contributed by atoms with Crippen LogP contribution in [0.4, 0.5) is 0 Å². The summed E-state index contributed by atoms with van der Waals surface area (Å²) in [6.45, 7) is 2.21. The van der Waals surface area contributed by atoms with Crippen LogP contribution in [0.2, 0.25) is 0 Å². The van der Waals surface area contributed by atoms with Crippen LogP contribution in [0, 0.1) is 11.3 Å². The molecule has 1 N–H and O–H groups in total. The molecule has 0 radical (unpaired) electrons. The van der Waals surface area contributed by atoms with Gasteiger partial charge in [-0.1, -0.05) is 18.2 Å². The molecule has 0 saturated carbocycles. The van der Waals surface area contributed by atoms with E-state index in [0.29, 0.717) is 17.6 Å². The molecule has 3 unspecified atom stereocenters. The molecule has 0 spiro atoms. The van der Waals surface area contributed by atoms with Crippen molar-refractivity contribution in [3.8, 4) is 22.9 Å². The Labute approximate surface area is 148 Å². The van der Waals surface area contributed by atoms with Crippen LogP contribution in [0.1, 0.15) is 29.2 Å². The largest absolute Gasteiger partial charge is 0.483 e. The van der Waals surface area contributed by atoms with Crippen LogP contribution in [-0.2, 0) is 6.42 Å². The number of ether oxygens (including phenoxy) is 1. The molecule has 0 bridgehead atoms. The van der Waals surface area contributed by atoms with E-state index < -0.39 is 0 Å².